The molecule has 1 aliphatic heterocycles. The summed E-state index contributed by atoms with van der Waals surface area (Å²) >= 11 is 7.13. The highest BCUT2D eigenvalue weighted by Crippen LogP contribution is 2.35. The Labute approximate surface area is 136 Å². The first-order valence-corrected chi connectivity index (χ1v) is 7.81. The van der Waals surface area contributed by atoms with Crippen molar-refractivity contribution in [2.45, 2.75) is 32.4 Å². The Morgan fingerprint density at radius 1 is 1.41 bits per heavy atom. The van der Waals surface area contributed by atoms with E-state index in [0.29, 0.717) is 18.1 Å². The number of nitrogens with zero attached hydrogens (tertiary/aromatic N) is 4. The summed E-state index contributed by atoms with van der Waals surface area (Å²) in [6.07, 6.45) is 1.95. The van der Waals surface area contributed by atoms with Gasteiger partial charge in [0, 0.05) is 16.8 Å². The van der Waals surface area contributed by atoms with Crippen LogP contribution in [0.5, 0.6) is 0 Å². The third kappa shape index (κ3) is 2.48. The van der Waals surface area contributed by atoms with Crippen LogP contribution in [0.3, 0.4) is 0 Å². The van der Waals surface area contributed by atoms with Crippen LogP contribution >= 0.6 is 22.9 Å². The number of nitrogen functional groups attached to an aromatic ring is 2. The molecule has 22 heavy (non-hydrogen) atoms. The largest absolute Gasteiger partial charge is 0.382 e. The molecule has 0 fully saturated rings. The summed E-state index contributed by atoms with van der Waals surface area (Å²) in [7, 11) is 0. The number of carbonyl (C=O) groups excluding carboxylic acids is 1. The molecule has 4 N–H and O–H groups in total. The summed E-state index contributed by atoms with van der Waals surface area (Å²) in [5.74, 6) is -0.243. The van der Waals surface area contributed by atoms with Gasteiger partial charge in [-0.25, -0.2) is 15.0 Å². The molecule has 2 aromatic heterocycles. The third-order valence-corrected chi connectivity index (χ3v) is 4.74. The third-order valence-electron chi connectivity index (χ3n) is 3.65. The summed E-state index contributed by atoms with van der Waals surface area (Å²) in [6, 6.07) is 0. The molecule has 0 radical (unpaired) electrons. The predicted octanol–water partition coefficient (Wildman–Crippen LogP) is 1.73. The average Bonchev–Trinajstić information content (AvgIpc) is 2.74. The minimum Gasteiger partial charge on any atom is -0.382 e. The van der Waals surface area contributed by atoms with Crippen LogP contribution in [0.25, 0.3) is 0 Å². The van der Waals surface area contributed by atoms with Gasteiger partial charge in [0.05, 0.1) is 18.4 Å². The second-order valence-corrected chi connectivity index (χ2v) is 7.23. The normalized spacial score (nSPS) is 16.4. The maximum Gasteiger partial charge on any atom is 0.277 e. The quantitative estimate of drug-likeness (QED) is 0.819. The molecule has 1 aliphatic rings. The van der Waals surface area contributed by atoms with E-state index >= 15 is 0 Å². The van der Waals surface area contributed by atoms with Crippen LogP contribution < -0.4 is 11.5 Å². The van der Waals surface area contributed by atoms with Crippen molar-refractivity contribution < 1.29 is 4.79 Å². The molecule has 1 amide bonds. The van der Waals surface area contributed by atoms with Gasteiger partial charge in [-0.05, 0) is 13.8 Å². The van der Waals surface area contributed by atoms with Gasteiger partial charge >= 0.3 is 0 Å². The molecule has 9 heteroatoms. The van der Waals surface area contributed by atoms with E-state index in [1.54, 1.807) is 4.90 Å². The summed E-state index contributed by atoms with van der Waals surface area (Å²) in [5.41, 5.74) is 12.2. The summed E-state index contributed by atoms with van der Waals surface area (Å²) in [6.45, 7) is 4.38. The van der Waals surface area contributed by atoms with Gasteiger partial charge in [-0.2, -0.15) is 0 Å². The molecule has 7 nitrogen and oxygen atoms in total. The topological polar surface area (TPSA) is 111 Å². The molecule has 3 heterocycles. The smallest absolute Gasteiger partial charge is 0.277 e. The van der Waals surface area contributed by atoms with Crippen molar-refractivity contribution in [2.75, 3.05) is 11.5 Å². The van der Waals surface area contributed by atoms with E-state index in [4.69, 9.17) is 23.1 Å². The lowest BCUT2D eigenvalue weighted by Crippen LogP contribution is -2.51. The Hall–Kier alpha value is -1.93. The SMILES string of the molecule is CC1(C)Cc2nc(N)sc2CN1C(=O)c1ncc(Cl)nc1N. The van der Waals surface area contributed by atoms with E-state index in [2.05, 4.69) is 15.0 Å². The van der Waals surface area contributed by atoms with E-state index in [-0.39, 0.29) is 22.6 Å². The van der Waals surface area contributed by atoms with Crippen molar-refractivity contribution in [2.24, 2.45) is 0 Å². The number of nitrogens with two attached hydrogens (primary N) is 2. The lowest BCUT2D eigenvalue weighted by Gasteiger charge is -2.41. The molecule has 2 aromatic rings. The van der Waals surface area contributed by atoms with E-state index in [0.717, 1.165) is 10.6 Å². The molecule has 3 rings (SSSR count). The highest BCUT2D eigenvalue weighted by molar-refractivity contribution is 7.15. The first-order chi connectivity index (χ1) is 10.3. The first-order valence-electron chi connectivity index (χ1n) is 6.62. The molecule has 0 unspecified atom stereocenters. The Morgan fingerprint density at radius 2 is 2.14 bits per heavy atom. The number of thiazole rings is 1. The van der Waals surface area contributed by atoms with Crippen LogP contribution in [-0.2, 0) is 13.0 Å². The predicted molar refractivity (Wildman–Crippen MR) is 85.6 cm³/mol. The lowest BCUT2D eigenvalue weighted by atomic mass is 9.91. The molecule has 0 spiro atoms. The molecule has 0 atom stereocenters. The minimum absolute atomic E-state index is 0.0305. The Morgan fingerprint density at radius 3 is 2.82 bits per heavy atom. The number of fused-ring (bicyclic) bond motifs is 1. The number of hydrogen-bond donors (Lipinski definition) is 2. The number of carbonyl (C=O) groups is 1. The van der Waals surface area contributed by atoms with Crippen LogP contribution in [0.15, 0.2) is 6.20 Å². The van der Waals surface area contributed by atoms with Crippen LogP contribution in [-0.4, -0.2) is 31.3 Å². The van der Waals surface area contributed by atoms with E-state index in [9.17, 15) is 4.79 Å². The van der Waals surface area contributed by atoms with Gasteiger partial charge in [-0.15, -0.1) is 11.3 Å². The van der Waals surface area contributed by atoms with E-state index < -0.39 is 5.54 Å². The van der Waals surface area contributed by atoms with E-state index in [1.165, 1.54) is 17.5 Å². The van der Waals surface area contributed by atoms with Crippen molar-refractivity contribution in [3.63, 3.8) is 0 Å². The van der Waals surface area contributed by atoms with Gasteiger partial charge in [0.15, 0.2) is 16.6 Å². The molecular formula is C13H15ClN6OS. The zero-order valence-electron chi connectivity index (χ0n) is 12.1. The van der Waals surface area contributed by atoms with Crippen molar-refractivity contribution in [3.05, 3.63) is 27.6 Å². The van der Waals surface area contributed by atoms with Crippen molar-refractivity contribution in [1.29, 1.82) is 0 Å². The molecule has 116 valence electrons. The van der Waals surface area contributed by atoms with Gasteiger partial charge < -0.3 is 16.4 Å². The summed E-state index contributed by atoms with van der Waals surface area (Å²) in [4.78, 5) is 27.8. The van der Waals surface area contributed by atoms with Crippen LogP contribution in [0, 0.1) is 0 Å². The zero-order chi connectivity index (χ0) is 16.1. The zero-order valence-corrected chi connectivity index (χ0v) is 13.7. The number of aromatic nitrogens is 3. The first kappa shape index (κ1) is 15.0. The highest BCUT2D eigenvalue weighted by Gasteiger charge is 2.39. The van der Waals surface area contributed by atoms with Crippen LogP contribution in [0.4, 0.5) is 10.9 Å². The van der Waals surface area contributed by atoms with Gasteiger partial charge in [0.25, 0.3) is 5.91 Å². The monoisotopic (exact) mass is 338 g/mol. The maximum atomic E-state index is 12.8. The standard InChI is InChI=1S/C13H15ClN6OS/c1-13(2)3-6-7(22-12(16)18-6)5-20(13)11(21)9-10(15)19-8(14)4-17-9/h4H,3,5H2,1-2H3,(H2,15,19)(H2,16,18). The van der Waals surface area contributed by atoms with E-state index in [1.807, 2.05) is 13.8 Å². The van der Waals surface area contributed by atoms with Gasteiger partial charge in [-0.3, -0.25) is 4.79 Å². The fourth-order valence-electron chi connectivity index (χ4n) is 2.55. The Kier molecular flexibility index (Phi) is 3.45. The minimum atomic E-state index is -0.418. The molecule has 0 bridgehead atoms. The molecule has 0 aromatic carbocycles. The molecule has 0 saturated heterocycles. The van der Waals surface area contributed by atoms with Gasteiger partial charge in [0.1, 0.15) is 5.15 Å². The van der Waals surface area contributed by atoms with Gasteiger partial charge in [-0.1, -0.05) is 11.6 Å². The summed E-state index contributed by atoms with van der Waals surface area (Å²) in [5, 5.41) is 0.672. The molecule has 0 aliphatic carbocycles. The lowest BCUT2D eigenvalue weighted by molar-refractivity contribution is 0.0485. The van der Waals surface area contributed by atoms with Crippen LogP contribution in [0.1, 0.15) is 34.9 Å². The average molecular weight is 339 g/mol. The summed E-state index contributed by atoms with van der Waals surface area (Å²) < 4.78 is 0. The van der Waals surface area contributed by atoms with Crippen molar-refractivity contribution >= 4 is 39.8 Å². The molecule has 0 saturated carbocycles. The number of rotatable bonds is 1. The number of anilines is 2. The fourth-order valence-corrected chi connectivity index (χ4v) is 3.53. The Balaban J connectivity index is 1.98. The maximum absolute atomic E-state index is 12.8. The van der Waals surface area contributed by atoms with Gasteiger partial charge in [0.2, 0.25) is 0 Å². The van der Waals surface area contributed by atoms with Crippen LogP contribution in [0.2, 0.25) is 5.15 Å². The van der Waals surface area contributed by atoms with Crippen molar-refractivity contribution in [3.8, 4) is 0 Å². The number of amides is 1. The Bertz CT molecular complexity index is 759. The second-order valence-electron chi connectivity index (χ2n) is 5.73. The number of halogens is 1. The molecular weight excluding hydrogens is 324 g/mol. The number of hydrogen-bond acceptors (Lipinski definition) is 7. The van der Waals surface area contributed by atoms with Crippen molar-refractivity contribution in [1.82, 2.24) is 19.9 Å². The second kappa shape index (κ2) is 5.06. The fraction of sp³-hybridized carbons (Fsp3) is 0.385. The highest BCUT2D eigenvalue weighted by atomic mass is 35.5.